The van der Waals surface area contributed by atoms with Crippen molar-refractivity contribution in [3.63, 3.8) is 0 Å². The van der Waals surface area contributed by atoms with Crippen LogP contribution in [0.5, 0.6) is 0 Å². The molecule has 0 heterocycles. The lowest BCUT2D eigenvalue weighted by Gasteiger charge is -2.24. The second-order valence-corrected chi connectivity index (χ2v) is 4.21. The molecule has 0 bridgehead atoms. The number of ether oxygens (including phenoxy) is 1. The van der Waals surface area contributed by atoms with Gasteiger partial charge in [-0.3, -0.25) is 0 Å². The SMILES string of the molecule is CCOC(C)(Cc1ccc(Cl)cc1)C(=O)O. The van der Waals surface area contributed by atoms with Crippen molar-refractivity contribution >= 4 is 17.6 Å². The minimum atomic E-state index is -1.18. The normalized spacial score (nSPS) is 14.4. The summed E-state index contributed by atoms with van der Waals surface area (Å²) in [6, 6.07) is 7.10. The highest BCUT2D eigenvalue weighted by Gasteiger charge is 2.33. The number of hydrogen-bond donors (Lipinski definition) is 1. The van der Waals surface area contributed by atoms with Gasteiger partial charge in [-0.1, -0.05) is 23.7 Å². The van der Waals surface area contributed by atoms with Gasteiger partial charge in [0.25, 0.3) is 0 Å². The number of carboxylic acid groups (broad SMARTS) is 1. The monoisotopic (exact) mass is 242 g/mol. The zero-order chi connectivity index (χ0) is 12.2. The smallest absolute Gasteiger partial charge is 0.336 e. The van der Waals surface area contributed by atoms with Crippen LogP contribution in [0.1, 0.15) is 19.4 Å². The molecule has 0 radical (unpaired) electrons. The summed E-state index contributed by atoms with van der Waals surface area (Å²) in [7, 11) is 0. The minimum absolute atomic E-state index is 0.327. The summed E-state index contributed by atoms with van der Waals surface area (Å²) in [5.74, 6) is -0.954. The second-order valence-electron chi connectivity index (χ2n) is 3.77. The third-order valence-corrected chi connectivity index (χ3v) is 2.62. The lowest BCUT2D eigenvalue weighted by Crippen LogP contribution is -2.40. The summed E-state index contributed by atoms with van der Waals surface area (Å²) < 4.78 is 5.29. The van der Waals surface area contributed by atoms with E-state index < -0.39 is 11.6 Å². The molecular formula is C12H15ClO3. The van der Waals surface area contributed by atoms with Crippen LogP contribution in [0.3, 0.4) is 0 Å². The van der Waals surface area contributed by atoms with Gasteiger partial charge in [0.05, 0.1) is 0 Å². The average Bonchev–Trinajstić information content (AvgIpc) is 2.22. The Bertz CT molecular complexity index is 361. The van der Waals surface area contributed by atoms with E-state index >= 15 is 0 Å². The van der Waals surface area contributed by atoms with Crippen LogP contribution in [-0.2, 0) is 16.0 Å². The van der Waals surface area contributed by atoms with Crippen LogP contribution in [-0.4, -0.2) is 23.3 Å². The third-order valence-electron chi connectivity index (χ3n) is 2.37. The summed E-state index contributed by atoms with van der Waals surface area (Å²) in [4.78, 5) is 11.1. The topological polar surface area (TPSA) is 46.5 Å². The van der Waals surface area contributed by atoms with Crippen LogP contribution in [0.15, 0.2) is 24.3 Å². The first-order valence-corrected chi connectivity index (χ1v) is 5.47. The largest absolute Gasteiger partial charge is 0.479 e. The van der Waals surface area contributed by atoms with E-state index in [1.54, 1.807) is 26.0 Å². The quantitative estimate of drug-likeness (QED) is 0.864. The molecule has 16 heavy (non-hydrogen) atoms. The number of rotatable bonds is 5. The van der Waals surface area contributed by atoms with Gasteiger partial charge in [0, 0.05) is 18.1 Å². The molecule has 1 atom stereocenters. The average molecular weight is 243 g/mol. The maximum absolute atomic E-state index is 11.1. The first kappa shape index (κ1) is 13.0. The molecule has 0 spiro atoms. The van der Waals surface area contributed by atoms with Crippen molar-refractivity contribution in [3.05, 3.63) is 34.9 Å². The van der Waals surface area contributed by atoms with Gasteiger partial charge in [-0.2, -0.15) is 0 Å². The van der Waals surface area contributed by atoms with Crippen LogP contribution in [0.2, 0.25) is 5.02 Å². The van der Waals surface area contributed by atoms with E-state index in [0.717, 1.165) is 5.56 Å². The van der Waals surface area contributed by atoms with Crippen LogP contribution < -0.4 is 0 Å². The van der Waals surface area contributed by atoms with Gasteiger partial charge >= 0.3 is 5.97 Å². The molecule has 1 rings (SSSR count). The first-order chi connectivity index (χ1) is 7.48. The van der Waals surface area contributed by atoms with E-state index in [1.165, 1.54) is 0 Å². The van der Waals surface area contributed by atoms with Crippen molar-refractivity contribution in [2.24, 2.45) is 0 Å². The van der Waals surface area contributed by atoms with E-state index in [9.17, 15) is 4.79 Å². The Morgan fingerprint density at radius 2 is 2.00 bits per heavy atom. The van der Waals surface area contributed by atoms with Gasteiger partial charge in [0.1, 0.15) is 0 Å². The Kier molecular flexibility index (Phi) is 4.33. The molecule has 1 unspecified atom stereocenters. The number of hydrogen-bond acceptors (Lipinski definition) is 2. The Morgan fingerprint density at radius 1 is 1.44 bits per heavy atom. The van der Waals surface area contributed by atoms with Gasteiger partial charge in [-0.25, -0.2) is 4.79 Å². The van der Waals surface area contributed by atoms with E-state index in [0.29, 0.717) is 18.1 Å². The molecule has 0 saturated carbocycles. The van der Waals surface area contributed by atoms with Crippen LogP contribution >= 0.6 is 11.6 Å². The van der Waals surface area contributed by atoms with Gasteiger partial charge in [0.2, 0.25) is 0 Å². The maximum atomic E-state index is 11.1. The molecule has 0 aliphatic carbocycles. The molecule has 0 saturated heterocycles. The fourth-order valence-corrected chi connectivity index (χ4v) is 1.62. The predicted octanol–water partition coefficient (Wildman–Crippen LogP) is 2.76. The zero-order valence-electron chi connectivity index (χ0n) is 9.37. The van der Waals surface area contributed by atoms with E-state index in [4.69, 9.17) is 21.4 Å². The molecule has 0 amide bonds. The highest BCUT2D eigenvalue weighted by molar-refractivity contribution is 6.30. The standard InChI is InChI=1S/C12H15ClO3/c1-3-16-12(2,11(14)15)8-9-4-6-10(13)7-5-9/h4-7H,3,8H2,1-2H3,(H,14,15). The highest BCUT2D eigenvalue weighted by atomic mass is 35.5. The molecule has 4 heteroatoms. The van der Waals surface area contributed by atoms with Crippen molar-refractivity contribution in [2.45, 2.75) is 25.9 Å². The summed E-state index contributed by atoms with van der Waals surface area (Å²) in [5, 5.41) is 9.76. The number of aliphatic carboxylic acids is 1. The molecule has 88 valence electrons. The zero-order valence-corrected chi connectivity index (χ0v) is 10.1. The van der Waals surface area contributed by atoms with Gasteiger partial charge in [0.15, 0.2) is 5.60 Å². The van der Waals surface area contributed by atoms with Crippen molar-refractivity contribution in [3.8, 4) is 0 Å². The van der Waals surface area contributed by atoms with Crippen LogP contribution in [0, 0.1) is 0 Å². The van der Waals surface area contributed by atoms with Gasteiger partial charge in [-0.05, 0) is 31.5 Å². The van der Waals surface area contributed by atoms with Crippen molar-refractivity contribution < 1.29 is 14.6 Å². The van der Waals surface area contributed by atoms with E-state index in [-0.39, 0.29) is 0 Å². The number of benzene rings is 1. The third kappa shape index (κ3) is 3.22. The molecule has 1 N–H and O–H groups in total. The first-order valence-electron chi connectivity index (χ1n) is 5.10. The molecular weight excluding hydrogens is 228 g/mol. The maximum Gasteiger partial charge on any atom is 0.336 e. The lowest BCUT2D eigenvalue weighted by molar-refractivity contribution is -0.162. The van der Waals surface area contributed by atoms with Crippen molar-refractivity contribution in [1.29, 1.82) is 0 Å². The molecule has 1 aromatic carbocycles. The van der Waals surface area contributed by atoms with Gasteiger partial charge < -0.3 is 9.84 Å². The molecule has 0 aliphatic heterocycles. The Hall–Kier alpha value is -1.06. The number of halogens is 1. The molecule has 3 nitrogen and oxygen atoms in total. The molecule has 0 aromatic heterocycles. The summed E-state index contributed by atoms with van der Waals surface area (Å²) in [6.45, 7) is 3.73. The molecule has 0 fully saturated rings. The summed E-state index contributed by atoms with van der Waals surface area (Å²) in [5.41, 5.74) is -0.287. The van der Waals surface area contributed by atoms with Crippen LogP contribution in [0.4, 0.5) is 0 Å². The van der Waals surface area contributed by atoms with Crippen molar-refractivity contribution in [2.75, 3.05) is 6.61 Å². The van der Waals surface area contributed by atoms with Gasteiger partial charge in [-0.15, -0.1) is 0 Å². The lowest BCUT2D eigenvalue weighted by atomic mass is 9.96. The second kappa shape index (κ2) is 5.32. The Morgan fingerprint density at radius 3 is 2.44 bits per heavy atom. The van der Waals surface area contributed by atoms with E-state index in [1.807, 2.05) is 12.1 Å². The number of carboxylic acids is 1. The minimum Gasteiger partial charge on any atom is -0.479 e. The molecule has 0 aliphatic rings. The molecule has 1 aromatic rings. The highest BCUT2D eigenvalue weighted by Crippen LogP contribution is 2.19. The summed E-state index contributed by atoms with van der Waals surface area (Å²) >= 11 is 5.76. The summed E-state index contributed by atoms with van der Waals surface area (Å²) in [6.07, 6.45) is 0.327. The number of carbonyl (C=O) groups is 1. The fraction of sp³-hybridized carbons (Fsp3) is 0.417. The fourth-order valence-electron chi connectivity index (χ4n) is 1.50. The Labute approximate surface area is 100.0 Å². The van der Waals surface area contributed by atoms with Crippen molar-refractivity contribution in [1.82, 2.24) is 0 Å². The Balaban J connectivity index is 2.83. The van der Waals surface area contributed by atoms with E-state index in [2.05, 4.69) is 0 Å². The predicted molar refractivity (Wildman–Crippen MR) is 62.8 cm³/mol. The van der Waals surface area contributed by atoms with Crippen LogP contribution in [0.25, 0.3) is 0 Å².